The predicted molar refractivity (Wildman–Crippen MR) is 333 cm³/mol. The van der Waals surface area contributed by atoms with E-state index in [1.54, 1.807) is 0 Å². The summed E-state index contributed by atoms with van der Waals surface area (Å²) in [7, 11) is 0. The number of benzene rings is 12. The Morgan fingerprint density at radius 2 is 0.577 bits per heavy atom. The molecule has 12 aromatic rings. The molecule has 0 aromatic heterocycles. The molecule has 0 N–H and O–H groups in total. The number of rotatable bonds is 12. The van der Waals surface area contributed by atoms with E-state index < -0.39 is 0 Å². The lowest BCUT2D eigenvalue weighted by molar-refractivity contribution is 0.490. The van der Waals surface area contributed by atoms with E-state index in [1.165, 1.54) is 110 Å². The first-order valence-corrected chi connectivity index (χ1v) is 28.2. The van der Waals surface area contributed by atoms with E-state index in [2.05, 4.69) is 292 Å². The molecule has 0 unspecified atom stereocenters. The molecule has 2 heteroatoms. The molecule has 0 spiro atoms. The monoisotopic (exact) mass is 1000 g/mol. The smallest absolute Gasteiger partial charge is 0.0468 e. The fourth-order valence-electron chi connectivity index (χ4n) is 14.2. The van der Waals surface area contributed by atoms with E-state index in [1.807, 2.05) is 0 Å². The minimum atomic E-state index is -0.246. The normalized spacial score (nSPS) is 13.5. The van der Waals surface area contributed by atoms with Crippen LogP contribution < -0.4 is 9.80 Å². The van der Waals surface area contributed by atoms with Crippen molar-refractivity contribution < 1.29 is 0 Å². The van der Waals surface area contributed by atoms with Crippen LogP contribution in [0.4, 0.5) is 34.1 Å². The molecular formula is C76H62N2. The van der Waals surface area contributed by atoms with E-state index in [4.69, 9.17) is 0 Å². The van der Waals surface area contributed by atoms with Gasteiger partial charge in [0.2, 0.25) is 0 Å². The van der Waals surface area contributed by atoms with Gasteiger partial charge in [0.05, 0.1) is 0 Å². The number of para-hydroxylation sites is 2. The van der Waals surface area contributed by atoms with Crippen LogP contribution in [0.2, 0.25) is 0 Å². The summed E-state index contributed by atoms with van der Waals surface area (Å²) in [6, 6.07) is 95.8. The summed E-state index contributed by atoms with van der Waals surface area (Å²) in [6.45, 7) is 9.67. The van der Waals surface area contributed by atoms with Crippen LogP contribution in [0, 0.1) is 0 Å². The van der Waals surface area contributed by atoms with Crippen molar-refractivity contribution in [2.45, 2.75) is 64.2 Å². The zero-order valence-electron chi connectivity index (χ0n) is 45.0. The van der Waals surface area contributed by atoms with Gasteiger partial charge in [-0.25, -0.2) is 0 Å². The summed E-state index contributed by atoms with van der Waals surface area (Å²) in [4.78, 5) is 4.91. The zero-order valence-corrected chi connectivity index (χ0v) is 45.0. The van der Waals surface area contributed by atoms with E-state index >= 15 is 0 Å². The maximum absolute atomic E-state index is 2.66. The molecule has 0 fully saturated rings. The molecule has 0 saturated heterocycles. The molecule has 0 atom stereocenters. The molecule has 78 heavy (non-hydrogen) atoms. The molecule has 12 aromatic carbocycles. The SMILES string of the molecule is CCC1(CC)c2cc(N(c3ccccc3)c3ccc4ccccc4c3)ccc2-c2c1cc1c(-c3ccccc3)c3c(cc1c2-c1ccccc1)C(CC)(CC)c1cc(N(c2ccccc2)c2ccc4ccccc4c2)ccc1-3. The van der Waals surface area contributed by atoms with Gasteiger partial charge < -0.3 is 9.80 Å². The summed E-state index contributed by atoms with van der Waals surface area (Å²) in [5, 5.41) is 7.58. The second-order valence-electron chi connectivity index (χ2n) is 21.6. The van der Waals surface area contributed by atoms with E-state index in [0.717, 1.165) is 48.4 Å². The summed E-state index contributed by atoms with van der Waals surface area (Å²) >= 11 is 0. The van der Waals surface area contributed by atoms with Crippen LogP contribution >= 0.6 is 0 Å². The Labute approximate surface area is 459 Å². The van der Waals surface area contributed by atoms with Crippen LogP contribution in [0.1, 0.15) is 75.6 Å². The van der Waals surface area contributed by atoms with Crippen LogP contribution in [-0.2, 0) is 10.8 Å². The Morgan fingerprint density at radius 3 is 0.949 bits per heavy atom. The molecule has 14 rings (SSSR count). The Kier molecular flexibility index (Phi) is 11.5. The highest BCUT2D eigenvalue weighted by Crippen LogP contribution is 2.63. The minimum absolute atomic E-state index is 0.246. The Morgan fingerprint density at radius 1 is 0.256 bits per heavy atom. The highest BCUT2D eigenvalue weighted by Gasteiger charge is 2.46. The largest absolute Gasteiger partial charge is 0.310 e. The van der Waals surface area contributed by atoms with Gasteiger partial charge >= 0.3 is 0 Å². The van der Waals surface area contributed by atoms with Crippen molar-refractivity contribution in [3.8, 4) is 44.5 Å². The first-order valence-electron chi connectivity index (χ1n) is 28.2. The molecule has 0 bridgehead atoms. The molecule has 2 aliphatic rings. The van der Waals surface area contributed by atoms with Crippen molar-refractivity contribution in [3.63, 3.8) is 0 Å². The van der Waals surface area contributed by atoms with E-state index in [0.29, 0.717) is 0 Å². The highest BCUT2D eigenvalue weighted by molar-refractivity contribution is 6.17. The van der Waals surface area contributed by atoms with Crippen LogP contribution in [0.15, 0.2) is 255 Å². The van der Waals surface area contributed by atoms with Gasteiger partial charge in [-0.05, 0) is 210 Å². The maximum Gasteiger partial charge on any atom is 0.0468 e. The summed E-state index contributed by atoms with van der Waals surface area (Å²) in [5.41, 5.74) is 22.7. The number of fused-ring (bicyclic) bond motifs is 9. The molecule has 0 radical (unpaired) electrons. The van der Waals surface area contributed by atoms with Gasteiger partial charge in [0.1, 0.15) is 0 Å². The molecule has 0 heterocycles. The van der Waals surface area contributed by atoms with Crippen LogP contribution in [0.5, 0.6) is 0 Å². The third-order valence-electron chi connectivity index (χ3n) is 18.1. The van der Waals surface area contributed by atoms with E-state index in [-0.39, 0.29) is 10.8 Å². The topological polar surface area (TPSA) is 6.48 Å². The molecule has 0 aliphatic heterocycles. The third kappa shape index (κ3) is 7.23. The summed E-state index contributed by atoms with van der Waals surface area (Å²) in [6.07, 6.45) is 3.87. The van der Waals surface area contributed by atoms with Crippen molar-refractivity contribution in [1.29, 1.82) is 0 Å². The van der Waals surface area contributed by atoms with Crippen LogP contribution in [-0.4, -0.2) is 0 Å². The van der Waals surface area contributed by atoms with Gasteiger partial charge in [-0.15, -0.1) is 0 Å². The lowest BCUT2D eigenvalue weighted by Crippen LogP contribution is -2.24. The standard InChI is InChI=1S/C76H62N2/c1-5-75(6-2)67-47-61(77(57-33-17-11-18-34-57)59-39-37-51-25-21-23-31-55(51)45-59)41-43-63(67)73-69(75)49-65-66(71(73)53-27-13-9-14-28-53)50-70-74(72(65)54-29-15-10-16-30-54)64-44-42-62(48-68(64)76(70,7-3)8-4)78(58-35-19-12-20-36-58)60-40-38-52-26-22-24-32-56(52)46-60/h9-50H,5-8H2,1-4H3. The summed E-state index contributed by atoms with van der Waals surface area (Å²) < 4.78 is 0. The number of hydrogen-bond donors (Lipinski definition) is 0. The predicted octanol–water partition coefficient (Wildman–Crippen LogP) is 21.6. The first kappa shape index (κ1) is 47.5. The second kappa shape index (κ2) is 18.9. The van der Waals surface area contributed by atoms with Crippen LogP contribution in [0.25, 0.3) is 76.8 Å². The van der Waals surface area contributed by atoms with Gasteiger partial charge in [0, 0.05) is 45.0 Å². The fraction of sp³-hybridized carbons (Fsp3) is 0.132. The number of hydrogen-bond acceptors (Lipinski definition) is 2. The molecule has 376 valence electrons. The Hall–Kier alpha value is -8.98. The Balaban J connectivity index is 1.03. The van der Waals surface area contributed by atoms with Crippen LogP contribution in [0.3, 0.4) is 0 Å². The fourth-order valence-corrected chi connectivity index (χ4v) is 14.2. The molecular weight excluding hydrogens is 941 g/mol. The lowest BCUT2D eigenvalue weighted by Gasteiger charge is -2.33. The Bertz CT molecular complexity index is 3970. The third-order valence-corrected chi connectivity index (χ3v) is 18.1. The average Bonchev–Trinajstić information content (AvgIpc) is 3.76. The van der Waals surface area contributed by atoms with Gasteiger partial charge in [-0.1, -0.05) is 198 Å². The van der Waals surface area contributed by atoms with Crippen molar-refractivity contribution in [1.82, 2.24) is 0 Å². The number of anilines is 6. The molecule has 2 aliphatic carbocycles. The first-order chi connectivity index (χ1) is 38.5. The minimum Gasteiger partial charge on any atom is -0.310 e. The quantitative estimate of drug-likeness (QED) is 0.120. The maximum atomic E-state index is 2.66. The zero-order chi connectivity index (χ0) is 52.5. The highest BCUT2D eigenvalue weighted by atomic mass is 15.1. The summed E-state index contributed by atoms with van der Waals surface area (Å²) in [5.74, 6) is 0. The van der Waals surface area contributed by atoms with Gasteiger partial charge in [0.15, 0.2) is 0 Å². The molecule has 0 amide bonds. The van der Waals surface area contributed by atoms with Gasteiger partial charge in [0.25, 0.3) is 0 Å². The van der Waals surface area contributed by atoms with Crippen molar-refractivity contribution in [2.75, 3.05) is 9.80 Å². The van der Waals surface area contributed by atoms with Gasteiger partial charge in [-0.2, -0.15) is 0 Å². The molecule has 0 saturated carbocycles. The van der Waals surface area contributed by atoms with Crippen molar-refractivity contribution in [2.24, 2.45) is 0 Å². The number of nitrogens with zero attached hydrogens (tertiary/aromatic N) is 2. The van der Waals surface area contributed by atoms with Crippen molar-refractivity contribution >= 4 is 66.4 Å². The average molecular weight is 1000 g/mol. The van der Waals surface area contributed by atoms with E-state index in [9.17, 15) is 0 Å². The van der Waals surface area contributed by atoms with Gasteiger partial charge in [-0.3, -0.25) is 0 Å². The lowest BCUT2D eigenvalue weighted by atomic mass is 9.71. The van der Waals surface area contributed by atoms with Crippen molar-refractivity contribution in [3.05, 3.63) is 277 Å². The second-order valence-corrected chi connectivity index (χ2v) is 21.6. The molecule has 2 nitrogen and oxygen atoms in total.